The summed E-state index contributed by atoms with van der Waals surface area (Å²) in [5, 5.41) is 9.85. The quantitative estimate of drug-likeness (QED) is 0.936. The third-order valence-electron chi connectivity index (χ3n) is 4.07. The number of halogens is 1. The first-order valence-electron chi connectivity index (χ1n) is 7.35. The number of benzene rings is 2. The number of hydrogen-bond acceptors (Lipinski definition) is 4. The molecule has 0 aliphatic carbocycles. The first kappa shape index (κ1) is 16.0. The van der Waals surface area contributed by atoms with Crippen molar-refractivity contribution in [2.24, 2.45) is 0 Å². The number of rotatable bonds is 3. The molecule has 2 aromatic carbocycles. The van der Waals surface area contributed by atoms with Gasteiger partial charge in [0.1, 0.15) is 11.6 Å². The highest BCUT2D eigenvalue weighted by atomic mass is 32.2. The fourth-order valence-corrected chi connectivity index (χ4v) is 4.14. The molecule has 1 N–H and O–H groups in total. The summed E-state index contributed by atoms with van der Waals surface area (Å²) in [5.74, 6) is -0.223. The molecule has 0 fully saturated rings. The van der Waals surface area contributed by atoms with Crippen molar-refractivity contribution in [1.29, 1.82) is 0 Å². The Morgan fingerprint density at radius 1 is 1.22 bits per heavy atom. The largest absolute Gasteiger partial charge is 0.493 e. The van der Waals surface area contributed by atoms with Crippen LogP contribution in [0.25, 0.3) is 0 Å². The Hall–Kier alpha value is -1.92. The van der Waals surface area contributed by atoms with Crippen molar-refractivity contribution in [2.45, 2.75) is 35.2 Å². The van der Waals surface area contributed by atoms with Crippen molar-refractivity contribution in [3.63, 3.8) is 0 Å². The van der Waals surface area contributed by atoms with Crippen LogP contribution in [0.3, 0.4) is 0 Å². The molecule has 0 saturated carbocycles. The van der Waals surface area contributed by atoms with Gasteiger partial charge >= 0.3 is 0 Å². The molecule has 2 aromatic rings. The van der Waals surface area contributed by atoms with Crippen LogP contribution in [0.4, 0.5) is 4.39 Å². The number of aliphatic hydroxyl groups excluding tert-OH is 1. The highest BCUT2D eigenvalue weighted by Crippen LogP contribution is 2.38. The number of hydrogen-bond donors (Lipinski definition) is 1. The van der Waals surface area contributed by atoms with Crippen molar-refractivity contribution in [3.05, 3.63) is 53.8 Å². The van der Waals surface area contributed by atoms with Gasteiger partial charge in [-0.05, 0) is 49.2 Å². The van der Waals surface area contributed by atoms with Gasteiger partial charge in [0.2, 0.25) is 9.84 Å². The van der Waals surface area contributed by atoms with E-state index in [1.807, 2.05) is 0 Å². The van der Waals surface area contributed by atoms with Gasteiger partial charge in [-0.1, -0.05) is 12.1 Å². The Labute approximate surface area is 134 Å². The lowest BCUT2D eigenvalue weighted by molar-refractivity contribution is 0.132. The normalized spacial score (nSPS) is 18.8. The summed E-state index contributed by atoms with van der Waals surface area (Å²) in [6, 6.07) is 9.50. The minimum atomic E-state index is -3.82. The summed E-state index contributed by atoms with van der Waals surface area (Å²) in [6.45, 7) is 2.13. The van der Waals surface area contributed by atoms with Crippen molar-refractivity contribution >= 4 is 9.84 Å². The van der Waals surface area contributed by atoms with Gasteiger partial charge < -0.3 is 9.84 Å². The molecule has 122 valence electrons. The van der Waals surface area contributed by atoms with E-state index in [1.54, 1.807) is 13.0 Å². The van der Waals surface area contributed by atoms with Crippen LogP contribution < -0.4 is 4.74 Å². The van der Waals surface area contributed by atoms with Crippen LogP contribution in [0.2, 0.25) is 0 Å². The fourth-order valence-electron chi connectivity index (χ4n) is 2.84. The summed E-state index contributed by atoms with van der Waals surface area (Å²) in [7, 11) is -3.82. The molecule has 6 heteroatoms. The Kier molecular flexibility index (Phi) is 4.12. The molecule has 0 aromatic heterocycles. The van der Waals surface area contributed by atoms with Crippen LogP contribution in [0, 0.1) is 5.82 Å². The molecular weight excluding hydrogens is 319 g/mol. The van der Waals surface area contributed by atoms with Crippen LogP contribution in [0.1, 0.15) is 24.8 Å². The first-order valence-corrected chi connectivity index (χ1v) is 8.83. The summed E-state index contributed by atoms with van der Waals surface area (Å²) >= 11 is 0. The van der Waals surface area contributed by atoms with E-state index in [1.165, 1.54) is 30.3 Å². The van der Waals surface area contributed by atoms with Crippen molar-refractivity contribution < 1.29 is 22.7 Å². The second kappa shape index (κ2) is 5.94. The van der Waals surface area contributed by atoms with Crippen LogP contribution >= 0.6 is 0 Å². The van der Waals surface area contributed by atoms with E-state index in [2.05, 4.69) is 0 Å². The lowest BCUT2D eigenvalue weighted by Gasteiger charge is -2.28. The second-order valence-electron chi connectivity index (χ2n) is 5.64. The molecule has 2 atom stereocenters. The molecular formula is C17H17FO4S. The fraction of sp³-hybridized carbons (Fsp3) is 0.294. The monoisotopic (exact) mass is 336 g/mol. The Bertz CT molecular complexity index is 830. The van der Waals surface area contributed by atoms with Crippen LogP contribution in [0.15, 0.2) is 52.3 Å². The topological polar surface area (TPSA) is 63.6 Å². The zero-order valence-electron chi connectivity index (χ0n) is 12.6. The zero-order valence-corrected chi connectivity index (χ0v) is 13.4. The molecule has 0 bridgehead atoms. The van der Waals surface area contributed by atoms with Crippen molar-refractivity contribution in [2.75, 3.05) is 6.61 Å². The lowest BCUT2D eigenvalue weighted by Crippen LogP contribution is -2.23. The minimum absolute atomic E-state index is 0.0492. The van der Waals surface area contributed by atoms with E-state index in [9.17, 15) is 17.9 Å². The number of ether oxygens (including phenoxy) is 1. The van der Waals surface area contributed by atoms with Gasteiger partial charge in [0.15, 0.2) is 0 Å². The van der Waals surface area contributed by atoms with Gasteiger partial charge in [0.25, 0.3) is 0 Å². The predicted octanol–water partition coefficient (Wildman–Crippen LogP) is 2.91. The van der Waals surface area contributed by atoms with Gasteiger partial charge in [-0.2, -0.15) is 0 Å². The summed E-state index contributed by atoms with van der Waals surface area (Å²) < 4.78 is 44.1. The Morgan fingerprint density at radius 3 is 2.65 bits per heavy atom. The van der Waals surface area contributed by atoms with Gasteiger partial charge in [-0.15, -0.1) is 0 Å². The lowest BCUT2D eigenvalue weighted by atomic mass is 9.89. The van der Waals surface area contributed by atoms with Crippen LogP contribution in [0.5, 0.6) is 5.75 Å². The zero-order chi connectivity index (χ0) is 16.6. The Balaban J connectivity index is 2.05. The average molecular weight is 336 g/mol. The minimum Gasteiger partial charge on any atom is -0.493 e. The maximum atomic E-state index is 13.3. The highest BCUT2D eigenvalue weighted by molar-refractivity contribution is 7.91. The standard InChI is InChI=1S/C17H17FO4S/c1-11(19)15-7-8-22-17-10-14(5-6-16(15)17)23(20,21)13-4-2-3-12(18)9-13/h2-6,9-11,15,19H,7-8H2,1H3. The number of sulfone groups is 1. The van der Waals surface area contributed by atoms with Gasteiger partial charge in [-0.3, -0.25) is 0 Å². The third-order valence-corrected chi connectivity index (χ3v) is 5.82. The molecule has 4 nitrogen and oxygen atoms in total. The second-order valence-corrected chi connectivity index (χ2v) is 7.59. The molecule has 1 heterocycles. The molecule has 1 aliphatic heterocycles. The van der Waals surface area contributed by atoms with E-state index < -0.39 is 21.8 Å². The van der Waals surface area contributed by atoms with Gasteiger partial charge in [-0.25, -0.2) is 12.8 Å². The molecule has 0 saturated heterocycles. The van der Waals surface area contributed by atoms with E-state index in [4.69, 9.17) is 4.74 Å². The van der Waals surface area contributed by atoms with E-state index in [0.29, 0.717) is 18.8 Å². The van der Waals surface area contributed by atoms with E-state index in [-0.39, 0.29) is 15.7 Å². The molecule has 3 rings (SSSR count). The third kappa shape index (κ3) is 2.96. The molecule has 23 heavy (non-hydrogen) atoms. The molecule has 0 radical (unpaired) electrons. The van der Waals surface area contributed by atoms with Crippen molar-refractivity contribution in [3.8, 4) is 5.75 Å². The molecule has 0 spiro atoms. The summed E-state index contributed by atoms with van der Waals surface area (Å²) in [6.07, 6.45) is 0.143. The maximum Gasteiger partial charge on any atom is 0.206 e. The summed E-state index contributed by atoms with van der Waals surface area (Å²) in [5.41, 5.74) is 0.796. The smallest absolute Gasteiger partial charge is 0.206 e. The van der Waals surface area contributed by atoms with Gasteiger partial charge in [0, 0.05) is 5.92 Å². The van der Waals surface area contributed by atoms with E-state index >= 15 is 0 Å². The average Bonchev–Trinajstić information content (AvgIpc) is 2.53. The molecule has 2 unspecified atom stereocenters. The number of aliphatic hydroxyl groups is 1. The Morgan fingerprint density at radius 2 is 1.96 bits per heavy atom. The van der Waals surface area contributed by atoms with E-state index in [0.717, 1.165) is 11.6 Å². The maximum absolute atomic E-state index is 13.3. The highest BCUT2D eigenvalue weighted by Gasteiger charge is 2.27. The van der Waals surface area contributed by atoms with Crippen LogP contribution in [-0.4, -0.2) is 26.2 Å². The van der Waals surface area contributed by atoms with Crippen molar-refractivity contribution in [1.82, 2.24) is 0 Å². The number of fused-ring (bicyclic) bond motifs is 1. The molecule has 1 aliphatic rings. The van der Waals surface area contributed by atoms with Gasteiger partial charge in [0.05, 0.1) is 22.5 Å². The summed E-state index contributed by atoms with van der Waals surface area (Å²) in [4.78, 5) is -0.0478. The predicted molar refractivity (Wildman–Crippen MR) is 82.8 cm³/mol. The SMILES string of the molecule is CC(O)C1CCOc2cc(S(=O)(=O)c3cccc(F)c3)ccc21. The first-order chi connectivity index (χ1) is 10.9. The molecule has 0 amide bonds. The van der Waals surface area contributed by atoms with Crippen LogP contribution in [-0.2, 0) is 9.84 Å².